The maximum Gasteiger partial charge on any atom is 0.244 e. The van der Waals surface area contributed by atoms with Crippen LogP contribution in [0.4, 0.5) is 5.69 Å². The average Bonchev–Trinajstić information content (AvgIpc) is 2.86. The number of benzene rings is 1. The summed E-state index contributed by atoms with van der Waals surface area (Å²) in [5.41, 5.74) is 2.80. The van der Waals surface area contributed by atoms with Gasteiger partial charge in [-0.15, -0.1) is 0 Å². The molecule has 1 aliphatic rings. The van der Waals surface area contributed by atoms with Crippen LogP contribution in [-0.2, 0) is 4.79 Å². The molecule has 1 fully saturated rings. The first-order chi connectivity index (χ1) is 9.48. The van der Waals surface area contributed by atoms with Crippen molar-refractivity contribution >= 4 is 27.5 Å². The van der Waals surface area contributed by atoms with Gasteiger partial charge in [0, 0.05) is 10.2 Å². The smallest absolute Gasteiger partial charge is 0.244 e. The Morgan fingerprint density at radius 2 is 2.05 bits per heavy atom. The summed E-state index contributed by atoms with van der Waals surface area (Å²) >= 11 is 3.56. The van der Waals surface area contributed by atoms with Crippen molar-refractivity contribution in [1.82, 2.24) is 5.32 Å². The molecule has 0 aliphatic carbocycles. The molecule has 110 valence electrons. The van der Waals surface area contributed by atoms with E-state index in [9.17, 15) is 4.79 Å². The summed E-state index contributed by atoms with van der Waals surface area (Å²) in [5, 5.41) is 6.51. The van der Waals surface area contributed by atoms with E-state index in [-0.39, 0.29) is 11.4 Å². The van der Waals surface area contributed by atoms with Crippen LogP contribution in [0.1, 0.15) is 43.7 Å². The van der Waals surface area contributed by atoms with Gasteiger partial charge in [0.05, 0.1) is 5.54 Å². The van der Waals surface area contributed by atoms with Gasteiger partial charge < -0.3 is 10.6 Å². The quantitative estimate of drug-likeness (QED) is 0.873. The number of amides is 1. The number of anilines is 1. The highest BCUT2D eigenvalue weighted by Gasteiger charge is 2.39. The number of carbonyl (C=O) groups is 1. The van der Waals surface area contributed by atoms with Crippen LogP contribution in [0.15, 0.2) is 16.6 Å². The van der Waals surface area contributed by atoms with Crippen molar-refractivity contribution in [3.63, 3.8) is 0 Å². The molecule has 1 aromatic rings. The number of hydrogen-bond donors (Lipinski definition) is 2. The molecule has 1 saturated heterocycles. The molecule has 2 rings (SSSR count). The third kappa shape index (κ3) is 3.07. The summed E-state index contributed by atoms with van der Waals surface area (Å²) in [5.74, 6) is 0.109. The van der Waals surface area contributed by atoms with Crippen molar-refractivity contribution in [1.29, 1.82) is 0 Å². The third-order valence-electron chi connectivity index (χ3n) is 4.05. The minimum absolute atomic E-state index is 0.109. The van der Waals surface area contributed by atoms with Gasteiger partial charge in [-0.25, -0.2) is 0 Å². The molecule has 0 spiro atoms. The van der Waals surface area contributed by atoms with E-state index in [0.717, 1.165) is 53.5 Å². The van der Waals surface area contributed by atoms with Crippen LogP contribution in [0, 0.1) is 13.8 Å². The summed E-state index contributed by atoms with van der Waals surface area (Å²) in [4.78, 5) is 12.6. The zero-order chi connectivity index (χ0) is 14.8. The van der Waals surface area contributed by atoms with Gasteiger partial charge in [-0.2, -0.15) is 0 Å². The fourth-order valence-corrected chi connectivity index (χ4v) is 3.25. The highest BCUT2D eigenvalue weighted by molar-refractivity contribution is 9.10. The average molecular weight is 339 g/mol. The second-order valence-corrected chi connectivity index (χ2v) is 6.53. The highest BCUT2D eigenvalue weighted by atomic mass is 79.9. The third-order valence-corrected chi connectivity index (χ3v) is 5.30. The number of nitrogens with one attached hydrogen (secondary N) is 2. The van der Waals surface area contributed by atoms with Crippen LogP contribution in [0.2, 0.25) is 0 Å². The maximum absolute atomic E-state index is 12.6. The van der Waals surface area contributed by atoms with Gasteiger partial charge in [0.25, 0.3) is 0 Å². The zero-order valence-electron chi connectivity index (χ0n) is 12.5. The predicted octanol–water partition coefficient (Wildman–Crippen LogP) is 3.93. The van der Waals surface area contributed by atoms with Crippen LogP contribution in [0.3, 0.4) is 0 Å². The van der Waals surface area contributed by atoms with E-state index < -0.39 is 0 Å². The van der Waals surface area contributed by atoms with Crippen molar-refractivity contribution < 1.29 is 4.79 Å². The van der Waals surface area contributed by atoms with Gasteiger partial charge >= 0.3 is 0 Å². The van der Waals surface area contributed by atoms with Crippen LogP contribution < -0.4 is 10.6 Å². The first-order valence-corrected chi connectivity index (χ1v) is 8.11. The SMILES string of the molecule is CCCC1(C(=O)Nc2cc(C)c(Br)c(C)c2)CCCN1. The fraction of sp³-hybridized carbons (Fsp3) is 0.562. The molecular formula is C16H23BrN2O. The molecule has 0 radical (unpaired) electrons. The van der Waals surface area contributed by atoms with Gasteiger partial charge in [0.15, 0.2) is 0 Å². The minimum Gasteiger partial charge on any atom is -0.324 e. The Balaban J connectivity index is 2.18. The predicted molar refractivity (Wildman–Crippen MR) is 87.1 cm³/mol. The van der Waals surface area contributed by atoms with Gasteiger partial charge in [-0.1, -0.05) is 29.3 Å². The molecule has 0 saturated carbocycles. The van der Waals surface area contributed by atoms with Crippen LogP contribution in [0.25, 0.3) is 0 Å². The van der Waals surface area contributed by atoms with Crippen LogP contribution in [0.5, 0.6) is 0 Å². The van der Waals surface area contributed by atoms with Gasteiger partial charge in [-0.05, 0) is 62.9 Å². The number of aryl methyl sites for hydroxylation is 2. The topological polar surface area (TPSA) is 41.1 Å². The molecule has 1 heterocycles. The van der Waals surface area contributed by atoms with E-state index in [1.165, 1.54) is 0 Å². The first kappa shape index (κ1) is 15.5. The normalized spacial score (nSPS) is 22.0. The van der Waals surface area contributed by atoms with E-state index >= 15 is 0 Å². The summed E-state index contributed by atoms with van der Waals surface area (Å²) in [6.45, 7) is 7.15. The number of halogens is 1. The van der Waals surface area contributed by atoms with Gasteiger partial charge in [-0.3, -0.25) is 4.79 Å². The molecule has 20 heavy (non-hydrogen) atoms. The Morgan fingerprint density at radius 1 is 1.40 bits per heavy atom. The largest absolute Gasteiger partial charge is 0.324 e. The molecule has 1 unspecified atom stereocenters. The molecule has 1 aliphatic heterocycles. The molecular weight excluding hydrogens is 316 g/mol. The highest BCUT2D eigenvalue weighted by Crippen LogP contribution is 2.29. The minimum atomic E-state index is -0.371. The molecule has 2 N–H and O–H groups in total. The van der Waals surface area contributed by atoms with Crippen molar-refractivity contribution in [2.24, 2.45) is 0 Å². The Labute approximate surface area is 129 Å². The lowest BCUT2D eigenvalue weighted by molar-refractivity contribution is -0.122. The molecule has 1 aromatic carbocycles. The van der Waals surface area contributed by atoms with E-state index in [4.69, 9.17) is 0 Å². The summed E-state index contributed by atoms with van der Waals surface area (Å²) < 4.78 is 1.11. The van der Waals surface area contributed by atoms with Crippen molar-refractivity contribution in [2.45, 2.75) is 52.0 Å². The number of rotatable bonds is 4. The zero-order valence-corrected chi connectivity index (χ0v) is 14.1. The Kier molecular flexibility index (Phi) is 4.86. The van der Waals surface area contributed by atoms with E-state index in [2.05, 4.69) is 33.5 Å². The van der Waals surface area contributed by atoms with E-state index in [1.807, 2.05) is 26.0 Å². The van der Waals surface area contributed by atoms with E-state index in [1.54, 1.807) is 0 Å². The van der Waals surface area contributed by atoms with E-state index in [0.29, 0.717) is 0 Å². The standard InChI is InChI=1S/C16H23BrN2O/c1-4-6-16(7-5-8-18-16)15(20)19-13-9-11(2)14(17)12(3)10-13/h9-10,18H,4-8H2,1-3H3,(H,19,20). The second-order valence-electron chi connectivity index (χ2n) is 5.74. The number of hydrogen-bond acceptors (Lipinski definition) is 2. The van der Waals surface area contributed by atoms with Gasteiger partial charge in [0.2, 0.25) is 5.91 Å². The van der Waals surface area contributed by atoms with Crippen molar-refractivity contribution in [3.05, 3.63) is 27.7 Å². The second kappa shape index (κ2) is 6.27. The van der Waals surface area contributed by atoms with Crippen LogP contribution >= 0.6 is 15.9 Å². The lowest BCUT2D eigenvalue weighted by Gasteiger charge is -2.28. The van der Waals surface area contributed by atoms with Crippen molar-refractivity contribution in [2.75, 3.05) is 11.9 Å². The Bertz CT molecular complexity index is 484. The summed E-state index contributed by atoms with van der Waals surface area (Å²) in [6.07, 6.45) is 3.92. The van der Waals surface area contributed by atoms with Crippen molar-refractivity contribution in [3.8, 4) is 0 Å². The maximum atomic E-state index is 12.6. The lowest BCUT2D eigenvalue weighted by Crippen LogP contribution is -2.50. The molecule has 0 bridgehead atoms. The molecule has 1 atom stereocenters. The molecule has 4 heteroatoms. The lowest BCUT2D eigenvalue weighted by atomic mass is 9.90. The molecule has 3 nitrogen and oxygen atoms in total. The number of carbonyl (C=O) groups excluding carboxylic acids is 1. The monoisotopic (exact) mass is 338 g/mol. The molecule has 0 aromatic heterocycles. The van der Waals surface area contributed by atoms with Gasteiger partial charge in [0.1, 0.15) is 0 Å². The fourth-order valence-electron chi connectivity index (χ4n) is 3.02. The van der Waals surface area contributed by atoms with Crippen LogP contribution in [-0.4, -0.2) is 18.0 Å². The Hall–Kier alpha value is -0.870. The summed E-state index contributed by atoms with van der Waals surface area (Å²) in [7, 11) is 0. The Morgan fingerprint density at radius 3 is 2.55 bits per heavy atom. The summed E-state index contributed by atoms with van der Waals surface area (Å²) in [6, 6.07) is 4.03. The first-order valence-electron chi connectivity index (χ1n) is 7.32. The molecule has 1 amide bonds.